The van der Waals surface area contributed by atoms with Gasteiger partial charge < -0.3 is 18.8 Å². The van der Waals surface area contributed by atoms with Crippen LogP contribution < -0.4 is 9.80 Å². The first-order valence-electron chi connectivity index (χ1n) is 25.3. The third-order valence-corrected chi connectivity index (χ3v) is 15.1. The van der Waals surface area contributed by atoms with Crippen molar-refractivity contribution in [2.75, 3.05) is 9.80 Å². The largest absolute Gasteiger partial charge is 0.454 e. The van der Waals surface area contributed by atoms with Crippen molar-refractivity contribution in [3.8, 4) is 16.8 Å². The normalized spacial score (nSPS) is 11.8. The maximum atomic E-state index is 6.75. The summed E-state index contributed by atoms with van der Waals surface area (Å²) >= 11 is 0. The van der Waals surface area contributed by atoms with Crippen molar-refractivity contribution < 1.29 is 4.42 Å². The molecule has 15 rings (SSSR count). The zero-order valence-electron chi connectivity index (χ0n) is 40.2. The van der Waals surface area contributed by atoms with Gasteiger partial charge >= 0.3 is 0 Å². The minimum atomic E-state index is 0.857. The number of rotatable bonds is 8. The molecule has 0 aliphatic heterocycles. The van der Waals surface area contributed by atoms with Gasteiger partial charge in [-0.1, -0.05) is 188 Å². The fourth-order valence-corrected chi connectivity index (χ4v) is 11.7. The average Bonchev–Trinajstić information content (AvgIpc) is 4.02. The minimum absolute atomic E-state index is 0.857. The van der Waals surface area contributed by atoms with Gasteiger partial charge in [-0.15, -0.1) is 0 Å². The Morgan fingerprint density at radius 1 is 0.270 bits per heavy atom. The second-order valence-electron chi connectivity index (χ2n) is 19.2. The molecule has 346 valence electrons. The second-order valence-corrected chi connectivity index (χ2v) is 19.2. The van der Waals surface area contributed by atoms with Crippen LogP contribution in [0.3, 0.4) is 0 Å². The Kier molecular flexibility index (Phi) is 9.54. The molecule has 0 atom stereocenters. The molecule has 0 aliphatic rings. The summed E-state index contributed by atoms with van der Waals surface area (Å²) in [5.74, 6) is 0. The molecule has 4 heteroatoms. The van der Waals surface area contributed by atoms with E-state index in [1.807, 2.05) is 6.07 Å². The van der Waals surface area contributed by atoms with Crippen LogP contribution in [0.1, 0.15) is 0 Å². The first kappa shape index (κ1) is 41.8. The molecule has 0 fully saturated rings. The van der Waals surface area contributed by atoms with Crippen LogP contribution in [0.15, 0.2) is 277 Å². The van der Waals surface area contributed by atoms with E-state index in [0.717, 1.165) is 72.9 Å². The molecule has 4 nitrogen and oxygen atoms in total. The van der Waals surface area contributed by atoms with Crippen molar-refractivity contribution in [2.45, 2.75) is 0 Å². The topological polar surface area (TPSA) is 24.6 Å². The molecule has 2 aromatic heterocycles. The fourth-order valence-electron chi connectivity index (χ4n) is 11.7. The van der Waals surface area contributed by atoms with Crippen molar-refractivity contribution >= 4 is 121 Å². The van der Waals surface area contributed by atoms with Crippen LogP contribution in [0.4, 0.5) is 34.1 Å². The third kappa shape index (κ3) is 6.62. The fraction of sp³-hybridized carbons (Fsp3) is 0. The first-order chi connectivity index (χ1) is 36.7. The Hall–Kier alpha value is -9.90. The minimum Gasteiger partial charge on any atom is -0.454 e. The molecular weight excluding hydrogens is 899 g/mol. The van der Waals surface area contributed by atoms with Crippen LogP contribution in [0, 0.1) is 0 Å². The zero-order valence-corrected chi connectivity index (χ0v) is 40.2. The molecule has 0 N–H and O–H groups in total. The van der Waals surface area contributed by atoms with Gasteiger partial charge in [0.25, 0.3) is 0 Å². The highest BCUT2D eigenvalue weighted by atomic mass is 16.3. The number of aromatic nitrogens is 1. The van der Waals surface area contributed by atoms with Crippen LogP contribution in [0.25, 0.3) is 104 Å². The zero-order chi connectivity index (χ0) is 48.7. The van der Waals surface area contributed by atoms with Gasteiger partial charge in [-0.25, -0.2) is 0 Å². The van der Waals surface area contributed by atoms with Crippen molar-refractivity contribution in [1.82, 2.24) is 4.57 Å². The molecule has 0 saturated carbocycles. The summed E-state index contributed by atoms with van der Waals surface area (Å²) in [5.41, 5.74) is 13.9. The lowest BCUT2D eigenvalue weighted by Crippen LogP contribution is -2.11. The molecule has 2 heterocycles. The van der Waals surface area contributed by atoms with Crippen LogP contribution in [-0.4, -0.2) is 4.57 Å². The lowest BCUT2D eigenvalue weighted by Gasteiger charge is -2.28. The molecule has 0 unspecified atom stereocenters. The van der Waals surface area contributed by atoms with Gasteiger partial charge in [-0.2, -0.15) is 0 Å². The van der Waals surface area contributed by atoms with E-state index in [-0.39, 0.29) is 0 Å². The summed E-state index contributed by atoms with van der Waals surface area (Å²) in [7, 11) is 0. The lowest BCUT2D eigenvalue weighted by atomic mass is 9.98. The number of para-hydroxylation sites is 4. The molecule has 13 aromatic carbocycles. The first-order valence-corrected chi connectivity index (χ1v) is 25.3. The molecule has 0 radical (unpaired) electrons. The van der Waals surface area contributed by atoms with Crippen LogP contribution in [-0.2, 0) is 0 Å². The van der Waals surface area contributed by atoms with Gasteiger partial charge in [-0.05, 0) is 128 Å². The summed E-state index contributed by atoms with van der Waals surface area (Å²) < 4.78 is 9.13. The van der Waals surface area contributed by atoms with Crippen LogP contribution in [0.5, 0.6) is 0 Å². The Bertz CT molecular complexity index is 4670. The summed E-state index contributed by atoms with van der Waals surface area (Å²) in [6.07, 6.45) is 0. The van der Waals surface area contributed by atoms with E-state index in [0.29, 0.717) is 0 Å². The van der Waals surface area contributed by atoms with Gasteiger partial charge in [0.15, 0.2) is 5.58 Å². The molecule has 15 aromatic rings. The number of benzene rings is 13. The standard InChI is InChI=1S/C70H45N3O/c1-2-19-50(20-3-1)72-64-30-14-12-27-60(64)63-45-53(41-42-65(63)72)71(67-43-48-17-4-6-21-54(48)56-23-8-10-25-58(56)67)51-37-33-46(34-38-51)47-35-39-52(40-36-47)73(66-31-16-29-62-61-28-13-15-32-69(61)74-70(62)66)68-44-49-18-5-7-22-55(49)57-24-9-11-26-59(57)68/h1-45H. The van der Waals surface area contributed by atoms with E-state index in [9.17, 15) is 0 Å². The number of anilines is 6. The molecule has 0 bridgehead atoms. The number of fused-ring (bicyclic) bond motifs is 12. The smallest absolute Gasteiger partial charge is 0.159 e. The van der Waals surface area contributed by atoms with Crippen molar-refractivity contribution in [2.24, 2.45) is 0 Å². The molecule has 0 amide bonds. The lowest BCUT2D eigenvalue weighted by molar-refractivity contribution is 0.669. The predicted molar refractivity (Wildman–Crippen MR) is 313 cm³/mol. The summed E-state index contributed by atoms with van der Waals surface area (Å²) in [4.78, 5) is 4.83. The van der Waals surface area contributed by atoms with Gasteiger partial charge in [0.05, 0.1) is 28.1 Å². The quantitative estimate of drug-likeness (QED) is 0.142. The van der Waals surface area contributed by atoms with E-state index in [4.69, 9.17) is 4.42 Å². The Balaban J connectivity index is 0.875. The average molecular weight is 944 g/mol. The van der Waals surface area contributed by atoms with E-state index in [1.165, 1.54) is 64.9 Å². The summed E-state index contributed by atoms with van der Waals surface area (Å²) in [6, 6.07) is 99.0. The number of nitrogens with zero attached hydrogens (tertiary/aromatic N) is 3. The highest BCUT2D eigenvalue weighted by Crippen LogP contribution is 2.48. The maximum absolute atomic E-state index is 6.75. The third-order valence-electron chi connectivity index (χ3n) is 15.1. The van der Waals surface area contributed by atoms with E-state index in [1.54, 1.807) is 0 Å². The molecule has 0 aliphatic carbocycles. The molecule has 74 heavy (non-hydrogen) atoms. The van der Waals surface area contributed by atoms with Crippen LogP contribution in [0.2, 0.25) is 0 Å². The van der Waals surface area contributed by atoms with E-state index in [2.05, 4.69) is 281 Å². The van der Waals surface area contributed by atoms with Crippen LogP contribution >= 0.6 is 0 Å². The summed E-state index contributed by atoms with van der Waals surface area (Å²) in [5, 5.41) is 14.3. The SMILES string of the molecule is c1ccc(-n2c3ccccc3c3cc(N(c4ccc(-c5ccc(N(c6cc7ccccc7c7ccccc67)c6cccc7c6oc6ccccc67)cc5)cc4)c4cc5ccccc5c5ccccc45)ccc32)cc1. The maximum Gasteiger partial charge on any atom is 0.159 e. The van der Waals surface area contributed by atoms with E-state index < -0.39 is 0 Å². The van der Waals surface area contributed by atoms with Gasteiger partial charge in [0, 0.05) is 55.1 Å². The number of hydrogen-bond acceptors (Lipinski definition) is 3. The molecule has 0 spiro atoms. The van der Waals surface area contributed by atoms with Gasteiger partial charge in [0.1, 0.15) is 5.58 Å². The van der Waals surface area contributed by atoms with Crippen molar-refractivity contribution in [3.05, 3.63) is 273 Å². The highest BCUT2D eigenvalue weighted by molar-refractivity contribution is 6.18. The van der Waals surface area contributed by atoms with Crippen molar-refractivity contribution in [3.63, 3.8) is 0 Å². The molecule has 0 saturated heterocycles. The van der Waals surface area contributed by atoms with E-state index >= 15 is 0 Å². The number of furan rings is 1. The highest BCUT2D eigenvalue weighted by Gasteiger charge is 2.24. The Labute approximate surface area is 427 Å². The summed E-state index contributed by atoms with van der Waals surface area (Å²) in [6.45, 7) is 0. The Morgan fingerprint density at radius 2 is 0.743 bits per heavy atom. The van der Waals surface area contributed by atoms with Gasteiger partial charge in [-0.3, -0.25) is 0 Å². The second kappa shape index (κ2) is 16.9. The molecular formula is C70H45N3O. The Morgan fingerprint density at radius 3 is 1.39 bits per heavy atom. The number of hydrogen-bond donors (Lipinski definition) is 0. The predicted octanol–water partition coefficient (Wildman–Crippen LogP) is 19.9. The monoisotopic (exact) mass is 943 g/mol. The van der Waals surface area contributed by atoms with Gasteiger partial charge in [0.2, 0.25) is 0 Å². The van der Waals surface area contributed by atoms with Crippen molar-refractivity contribution in [1.29, 1.82) is 0 Å².